The van der Waals surface area contributed by atoms with Gasteiger partial charge >= 0.3 is 7.60 Å². The number of carbonyl (C=O) groups excluding carboxylic acids is 1. The minimum Gasteiger partial charge on any atom is -0.299 e. The van der Waals surface area contributed by atoms with Gasteiger partial charge in [0.2, 0.25) is 5.52 Å². The molecule has 0 aromatic heterocycles. The van der Waals surface area contributed by atoms with Crippen molar-refractivity contribution in [3.05, 3.63) is 25.3 Å². The lowest BCUT2D eigenvalue weighted by atomic mass is 9.90. The molecule has 0 bridgehead atoms. The highest BCUT2D eigenvalue weighted by atomic mass is 31.2. The summed E-state index contributed by atoms with van der Waals surface area (Å²) in [7, 11) is -3.69. The van der Waals surface area contributed by atoms with Crippen LogP contribution in [0.5, 0.6) is 0 Å². The molecule has 102 valence electrons. The van der Waals surface area contributed by atoms with Crippen LogP contribution in [0.2, 0.25) is 0 Å². The Morgan fingerprint density at radius 2 is 1.61 bits per heavy atom. The van der Waals surface area contributed by atoms with E-state index in [0.717, 1.165) is 32.1 Å². The number of hydrogen-bond acceptors (Lipinski definition) is 4. The maximum atomic E-state index is 12.4. The fourth-order valence-corrected chi connectivity index (χ4v) is 3.68. The molecule has 0 saturated heterocycles. The first-order valence-corrected chi connectivity index (χ1v) is 7.83. The molecule has 0 aromatic carbocycles. The summed E-state index contributed by atoms with van der Waals surface area (Å²) in [4.78, 5) is 12.3. The maximum Gasteiger partial charge on any atom is 0.397 e. The first-order chi connectivity index (χ1) is 8.64. The largest absolute Gasteiger partial charge is 0.397 e. The molecule has 0 amide bonds. The van der Waals surface area contributed by atoms with Gasteiger partial charge in [0.1, 0.15) is 0 Å². The van der Waals surface area contributed by atoms with Gasteiger partial charge in [0.25, 0.3) is 0 Å². The average Bonchev–Trinajstić information content (AvgIpc) is 2.43. The molecule has 0 aromatic rings. The molecular weight excluding hydrogens is 251 g/mol. The van der Waals surface area contributed by atoms with Crippen molar-refractivity contribution in [3.63, 3.8) is 0 Å². The van der Waals surface area contributed by atoms with Gasteiger partial charge in [0, 0.05) is 5.92 Å². The molecule has 0 atom stereocenters. The molecule has 0 aliphatic heterocycles. The highest BCUT2D eigenvalue weighted by Gasteiger charge is 2.39. The number of carbonyl (C=O) groups is 1. The molecule has 0 heterocycles. The summed E-state index contributed by atoms with van der Waals surface area (Å²) in [6.45, 7) is 7.06. The fraction of sp³-hybridized carbons (Fsp3) is 0.615. The molecule has 0 N–H and O–H groups in total. The smallest absolute Gasteiger partial charge is 0.299 e. The van der Waals surface area contributed by atoms with E-state index in [-0.39, 0.29) is 24.7 Å². The summed E-state index contributed by atoms with van der Waals surface area (Å²) in [5.74, 6) is -0.195. The van der Waals surface area contributed by atoms with Crippen LogP contribution in [0.4, 0.5) is 0 Å². The molecule has 0 spiro atoms. The molecular formula is C13H21O4P. The van der Waals surface area contributed by atoms with Gasteiger partial charge in [-0.25, -0.2) is 0 Å². The summed E-state index contributed by atoms with van der Waals surface area (Å²) in [5.41, 5.74) is -0.383. The van der Waals surface area contributed by atoms with Crippen LogP contribution in [0.3, 0.4) is 0 Å². The lowest BCUT2D eigenvalue weighted by Gasteiger charge is -2.24. The Bertz CT molecular complexity index is 329. The Morgan fingerprint density at radius 3 is 2.06 bits per heavy atom. The van der Waals surface area contributed by atoms with Crippen LogP contribution in [0, 0.1) is 5.92 Å². The van der Waals surface area contributed by atoms with E-state index in [1.165, 1.54) is 12.2 Å². The minimum absolute atomic E-state index is 0.0485. The molecule has 18 heavy (non-hydrogen) atoms. The van der Waals surface area contributed by atoms with Crippen LogP contribution in [-0.2, 0) is 18.4 Å². The normalized spacial score (nSPS) is 17.3. The third kappa shape index (κ3) is 4.20. The van der Waals surface area contributed by atoms with Gasteiger partial charge in [-0.2, -0.15) is 0 Å². The first kappa shape index (κ1) is 15.4. The Labute approximate surface area is 109 Å². The molecule has 0 radical (unpaired) electrons. The number of hydrogen-bond donors (Lipinski definition) is 0. The van der Waals surface area contributed by atoms with Gasteiger partial charge in [-0.1, -0.05) is 31.4 Å². The van der Waals surface area contributed by atoms with Gasteiger partial charge in [-0.05, 0) is 12.8 Å². The molecule has 0 unspecified atom stereocenters. The van der Waals surface area contributed by atoms with Crippen LogP contribution < -0.4 is 0 Å². The van der Waals surface area contributed by atoms with Gasteiger partial charge in [-0.3, -0.25) is 18.4 Å². The molecule has 1 aliphatic rings. The van der Waals surface area contributed by atoms with Crippen LogP contribution in [0.15, 0.2) is 25.3 Å². The fourth-order valence-electron chi connectivity index (χ4n) is 2.04. The minimum atomic E-state index is -3.69. The zero-order valence-corrected chi connectivity index (χ0v) is 11.6. The van der Waals surface area contributed by atoms with Crippen molar-refractivity contribution in [2.45, 2.75) is 32.1 Å². The number of rotatable bonds is 8. The van der Waals surface area contributed by atoms with Crippen molar-refractivity contribution in [3.8, 4) is 0 Å². The standard InChI is InChI=1S/C13H21O4P/c1-3-10-16-18(15,17-11-4-2)13(14)12-8-6-5-7-9-12/h3-4,12H,1-2,5-11H2. The van der Waals surface area contributed by atoms with Crippen molar-refractivity contribution in [1.29, 1.82) is 0 Å². The zero-order chi connectivity index (χ0) is 13.4. The third-order valence-electron chi connectivity index (χ3n) is 2.95. The van der Waals surface area contributed by atoms with E-state index in [4.69, 9.17) is 9.05 Å². The van der Waals surface area contributed by atoms with Gasteiger partial charge in [-0.15, -0.1) is 13.2 Å². The Kier molecular flexibility index (Phi) is 6.55. The van der Waals surface area contributed by atoms with Gasteiger partial charge in [0.05, 0.1) is 13.2 Å². The predicted octanol–water partition coefficient (Wildman–Crippen LogP) is 3.69. The monoisotopic (exact) mass is 272 g/mol. The van der Waals surface area contributed by atoms with E-state index in [2.05, 4.69) is 13.2 Å². The van der Waals surface area contributed by atoms with Gasteiger partial charge in [0.15, 0.2) is 0 Å². The highest BCUT2D eigenvalue weighted by Crippen LogP contribution is 2.53. The van der Waals surface area contributed by atoms with E-state index in [1.807, 2.05) is 0 Å². The third-order valence-corrected chi connectivity index (χ3v) is 4.83. The first-order valence-electron chi connectivity index (χ1n) is 6.29. The quantitative estimate of drug-likeness (QED) is 0.499. The SMILES string of the molecule is C=CCOP(=O)(OCC=C)C(=O)C1CCCCC1. The predicted molar refractivity (Wildman–Crippen MR) is 71.5 cm³/mol. The second-order valence-electron chi connectivity index (χ2n) is 4.34. The summed E-state index contributed by atoms with van der Waals surface area (Å²) in [6.07, 6.45) is 7.60. The van der Waals surface area contributed by atoms with Crippen molar-refractivity contribution >= 4 is 13.1 Å². The van der Waals surface area contributed by atoms with Crippen LogP contribution in [0.1, 0.15) is 32.1 Å². The summed E-state index contributed by atoms with van der Waals surface area (Å²) in [6, 6.07) is 0. The summed E-state index contributed by atoms with van der Waals surface area (Å²) in [5, 5.41) is 0. The van der Waals surface area contributed by atoms with Crippen molar-refractivity contribution in [2.24, 2.45) is 5.92 Å². The lowest BCUT2D eigenvalue weighted by Crippen LogP contribution is -2.20. The average molecular weight is 272 g/mol. The van der Waals surface area contributed by atoms with E-state index in [1.54, 1.807) is 0 Å². The topological polar surface area (TPSA) is 52.6 Å². The van der Waals surface area contributed by atoms with Crippen molar-refractivity contribution < 1.29 is 18.4 Å². The van der Waals surface area contributed by atoms with E-state index >= 15 is 0 Å². The van der Waals surface area contributed by atoms with Crippen LogP contribution in [0.25, 0.3) is 0 Å². The molecule has 1 fully saturated rings. The Morgan fingerprint density at radius 1 is 1.11 bits per heavy atom. The maximum absolute atomic E-state index is 12.4. The van der Waals surface area contributed by atoms with E-state index < -0.39 is 7.60 Å². The highest BCUT2D eigenvalue weighted by molar-refractivity contribution is 7.71. The van der Waals surface area contributed by atoms with Crippen molar-refractivity contribution in [2.75, 3.05) is 13.2 Å². The molecule has 1 aliphatic carbocycles. The molecule has 1 rings (SSSR count). The Hall–Kier alpha value is -0.700. The zero-order valence-electron chi connectivity index (χ0n) is 10.7. The lowest BCUT2D eigenvalue weighted by molar-refractivity contribution is -0.118. The second-order valence-corrected chi connectivity index (χ2v) is 6.29. The van der Waals surface area contributed by atoms with E-state index in [0.29, 0.717) is 0 Å². The molecule has 4 nitrogen and oxygen atoms in total. The van der Waals surface area contributed by atoms with Crippen LogP contribution >= 0.6 is 7.60 Å². The second kappa shape index (κ2) is 7.67. The summed E-state index contributed by atoms with van der Waals surface area (Å²) >= 11 is 0. The van der Waals surface area contributed by atoms with E-state index in [9.17, 15) is 9.36 Å². The van der Waals surface area contributed by atoms with Crippen molar-refractivity contribution in [1.82, 2.24) is 0 Å². The summed E-state index contributed by atoms with van der Waals surface area (Å²) < 4.78 is 22.7. The molecule has 1 saturated carbocycles. The molecule has 5 heteroatoms. The van der Waals surface area contributed by atoms with Crippen LogP contribution in [-0.4, -0.2) is 18.7 Å². The van der Waals surface area contributed by atoms with Gasteiger partial charge < -0.3 is 0 Å². The Balaban J connectivity index is 2.72.